The average Bonchev–Trinajstić information content (AvgIpc) is 2.74. The summed E-state index contributed by atoms with van der Waals surface area (Å²) in [4.78, 5) is 0. The number of hydrogen-bond acceptors (Lipinski definition) is 0. The summed E-state index contributed by atoms with van der Waals surface area (Å²) in [5.74, 6) is 0.790. The minimum absolute atomic E-state index is 0.790. The van der Waals surface area contributed by atoms with E-state index in [1.54, 1.807) is 0 Å². The molecular weight excluding hydrogens is 348 g/mol. The zero-order valence-corrected chi connectivity index (χ0v) is 19.4. The number of hydrogen-bond donors (Lipinski definition) is 0. The van der Waals surface area contributed by atoms with E-state index in [1.807, 2.05) is 0 Å². The van der Waals surface area contributed by atoms with E-state index in [1.165, 1.54) is 119 Å². The third-order valence-corrected chi connectivity index (χ3v) is 6.50. The van der Waals surface area contributed by atoms with Crippen molar-refractivity contribution >= 4 is 10.8 Å². The highest BCUT2D eigenvalue weighted by Gasteiger charge is 2.06. The van der Waals surface area contributed by atoms with Crippen molar-refractivity contribution in [3.05, 3.63) is 48.0 Å². The van der Waals surface area contributed by atoms with Gasteiger partial charge in [-0.05, 0) is 28.7 Å². The first kappa shape index (κ1) is 24.0. The van der Waals surface area contributed by atoms with E-state index in [-0.39, 0.29) is 0 Å². The Morgan fingerprint density at radius 3 is 1.72 bits per heavy atom. The van der Waals surface area contributed by atoms with Gasteiger partial charge in [0.25, 0.3) is 0 Å². The molecule has 29 heavy (non-hydrogen) atoms. The average molecular weight is 395 g/mol. The molecule has 0 aliphatic rings. The van der Waals surface area contributed by atoms with Crippen molar-refractivity contribution in [3.63, 3.8) is 0 Å². The summed E-state index contributed by atoms with van der Waals surface area (Å²) in [6.45, 7) is 4.73. The summed E-state index contributed by atoms with van der Waals surface area (Å²) in [6.07, 6.45) is 22.8. The number of rotatable bonds is 17. The van der Waals surface area contributed by atoms with Crippen LogP contribution < -0.4 is 0 Å². The van der Waals surface area contributed by atoms with Crippen molar-refractivity contribution in [1.82, 2.24) is 0 Å². The highest BCUT2D eigenvalue weighted by Crippen LogP contribution is 2.23. The van der Waals surface area contributed by atoms with Gasteiger partial charge in [0.2, 0.25) is 0 Å². The highest BCUT2D eigenvalue weighted by molar-refractivity contribution is 5.85. The summed E-state index contributed by atoms with van der Waals surface area (Å²) >= 11 is 0. The molecular formula is C29H46. The molecule has 0 heterocycles. The molecule has 0 aliphatic carbocycles. The number of benzene rings is 2. The first-order valence-corrected chi connectivity index (χ1v) is 12.8. The van der Waals surface area contributed by atoms with Gasteiger partial charge in [0.15, 0.2) is 0 Å². The number of fused-ring (bicyclic) bond motifs is 1. The topological polar surface area (TPSA) is 0 Å². The fourth-order valence-corrected chi connectivity index (χ4v) is 4.64. The van der Waals surface area contributed by atoms with Gasteiger partial charge in [-0.2, -0.15) is 0 Å². The van der Waals surface area contributed by atoms with Crippen molar-refractivity contribution in [2.24, 2.45) is 5.92 Å². The predicted molar refractivity (Wildman–Crippen MR) is 132 cm³/mol. The lowest BCUT2D eigenvalue weighted by Crippen LogP contribution is -2.00. The summed E-state index contributed by atoms with van der Waals surface area (Å²) in [5, 5.41) is 2.83. The molecule has 0 aromatic heterocycles. The smallest absolute Gasteiger partial charge is 0.0152 e. The van der Waals surface area contributed by atoms with Crippen molar-refractivity contribution in [2.45, 2.75) is 117 Å². The molecule has 0 spiro atoms. The van der Waals surface area contributed by atoms with Crippen LogP contribution in [0.1, 0.15) is 116 Å². The third-order valence-electron chi connectivity index (χ3n) is 6.50. The van der Waals surface area contributed by atoms with Crippen LogP contribution in [0, 0.1) is 5.92 Å². The van der Waals surface area contributed by atoms with Crippen molar-refractivity contribution in [1.29, 1.82) is 0 Å². The molecule has 0 heteroatoms. The minimum atomic E-state index is 0.790. The number of unbranched alkanes of at least 4 members (excludes halogenated alkanes) is 13. The Morgan fingerprint density at radius 1 is 0.586 bits per heavy atom. The lowest BCUT2D eigenvalue weighted by molar-refractivity contribution is 0.477. The second-order valence-corrected chi connectivity index (χ2v) is 9.33. The van der Waals surface area contributed by atoms with E-state index in [0.717, 1.165) is 5.92 Å². The van der Waals surface area contributed by atoms with Gasteiger partial charge in [0.1, 0.15) is 0 Å². The van der Waals surface area contributed by atoms with E-state index in [2.05, 4.69) is 56.3 Å². The fourth-order valence-electron chi connectivity index (χ4n) is 4.64. The van der Waals surface area contributed by atoms with Crippen LogP contribution in [0.4, 0.5) is 0 Å². The molecule has 0 radical (unpaired) electrons. The zero-order chi connectivity index (χ0) is 20.6. The van der Waals surface area contributed by atoms with E-state index in [9.17, 15) is 0 Å². The second kappa shape index (κ2) is 15.5. The van der Waals surface area contributed by atoms with Gasteiger partial charge in [0.05, 0.1) is 0 Å². The summed E-state index contributed by atoms with van der Waals surface area (Å²) in [6, 6.07) is 15.6. The predicted octanol–water partition coefficient (Wildman–Crippen LogP) is 9.89. The van der Waals surface area contributed by atoms with Gasteiger partial charge in [-0.3, -0.25) is 0 Å². The molecule has 1 unspecified atom stereocenters. The van der Waals surface area contributed by atoms with E-state index < -0.39 is 0 Å². The summed E-state index contributed by atoms with van der Waals surface area (Å²) < 4.78 is 0. The molecule has 0 fully saturated rings. The summed E-state index contributed by atoms with van der Waals surface area (Å²) in [5.41, 5.74) is 1.53. The lowest BCUT2D eigenvalue weighted by atomic mass is 9.92. The van der Waals surface area contributed by atoms with Crippen LogP contribution in [0.5, 0.6) is 0 Å². The lowest BCUT2D eigenvalue weighted by Gasteiger charge is -2.13. The van der Waals surface area contributed by atoms with E-state index in [0.29, 0.717) is 0 Å². The Hall–Kier alpha value is -1.30. The van der Waals surface area contributed by atoms with Crippen LogP contribution in [0.2, 0.25) is 0 Å². The van der Waals surface area contributed by atoms with Crippen LogP contribution in [-0.2, 0) is 6.42 Å². The molecule has 0 bridgehead atoms. The Labute approximate surface area is 181 Å². The molecule has 1 atom stereocenters. The molecule has 0 aliphatic heterocycles. The van der Waals surface area contributed by atoms with E-state index in [4.69, 9.17) is 0 Å². The van der Waals surface area contributed by atoms with Crippen LogP contribution in [0.15, 0.2) is 42.5 Å². The van der Waals surface area contributed by atoms with Crippen molar-refractivity contribution < 1.29 is 0 Å². The Morgan fingerprint density at radius 2 is 1.10 bits per heavy atom. The largest absolute Gasteiger partial charge is 0.0654 e. The highest BCUT2D eigenvalue weighted by atomic mass is 14.1. The standard InChI is InChI=1S/C29H46/c1-3-4-5-6-7-8-9-10-11-12-13-14-15-16-20-26(2)25-28-23-19-22-27-21-17-18-24-29(27)28/h17-19,21-24,26H,3-16,20,25H2,1-2H3. The first-order chi connectivity index (χ1) is 14.3. The molecule has 0 saturated carbocycles. The molecule has 2 aromatic rings. The van der Waals surface area contributed by atoms with Gasteiger partial charge in [-0.25, -0.2) is 0 Å². The van der Waals surface area contributed by atoms with Gasteiger partial charge >= 0.3 is 0 Å². The summed E-state index contributed by atoms with van der Waals surface area (Å²) in [7, 11) is 0. The Bertz CT molecular complexity index is 636. The maximum atomic E-state index is 2.43. The molecule has 2 aromatic carbocycles. The maximum Gasteiger partial charge on any atom is -0.0152 e. The normalized spacial score (nSPS) is 12.5. The Kier molecular flexibility index (Phi) is 12.8. The molecule has 0 N–H and O–H groups in total. The van der Waals surface area contributed by atoms with Gasteiger partial charge in [0, 0.05) is 0 Å². The molecule has 0 saturated heterocycles. The SMILES string of the molecule is CCCCCCCCCCCCCCCCC(C)Cc1cccc2ccccc12. The Balaban J connectivity index is 1.43. The van der Waals surface area contributed by atoms with Crippen LogP contribution >= 0.6 is 0 Å². The van der Waals surface area contributed by atoms with Crippen molar-refractivity contribution in [2.75, 3.05) is 0 Å². The van der Waals surface area contributed by atoms with E-state index >= 15 is 0 Å². The van der Waals surface area contributed by atoms with Gasteiger partial charge in [-0.1, -0.05) is 153 Å². The van der Waals surface area contributed by atoms with Crippen molar-refractivity contribution in [3.8, 4) is 0 Å². The maximum absolute atomic E-state index is 2.43. The molecule has 162 valence electrons. The van der Waals surface area contributed by atoms with Gasteiger partial charge < -0.3 is 0 Å². The van der Waals surface area contributed by atoms with Crippen LogP contribution in [-0.4, -0.2) is 0 Å². The molecule has 0 nitrogen and oxygen atoms in total. The quantitative estimate of drug-likeness (QED) is 0.234. The first-order valence-electron chi connectivity index (χ1n) is 12.8. The van der Waals surface area contributed by atoms with Crippen LogP contribution in [0.25, 0.3) is 10.8 Å². The third kappa shape index (κ3) is 10.3. The zero-order valence-electron chi connectivity index (χ0n) is 19.4. The monoisotopic (exact) mass is 394 g/mol. The molecule has 2 rings (SSSR count). The fraction of sp³-hybridized carbons (Fsp3) is 0.655. The minimum Gasteiger partial charge on any atom is -0.0654 e. The van der Waals surface area contributed by atoms with Gasteiger partial charge in [-0.15, -0.1) is 0 Å². The molecule has 0 amide bonds. The van der Waals surface area contributed by atoms with Crippen LogP contribution in [0.3, 0.4) is 0 Å². The second-order valence-electron chi connectivity index (χ2n) is 9.33.